The monoisotopic (exact) mass is 294 g/mol. The minimum absolute atomic E-state index is 0.228. The average molecular weight is 294 g/mol. The van der Waals surface area contributed by atoms with Crippen LogP contribution in [0.2, 0.25) is 0 Å². The van der Waals surface area contributed by atoms with Gasteiger partial charge >= 0.3 is 5.69 Å². The van der Waals surface area contributed by atoms with Gasteiger partial charge in [0.2, 0.25) is 5.95 Å². The molecular formula is C15H14N6O. The summed E-state index contributed by atoms with van der Waals surface area (Å²) in [5.74, 6) is 0.228. The van der Waals surface area contributed by atoms with E-state index < -0.39 is 5.69 Å². The van der Waals surface area contributed by atoms with Crippen molar-refractivity contribution >= 4 is 5.95 Å². The molecule has 0 unspecified atom stereocenters. The average Bonchev–Trinajstić information content (AvgIpc) is 2.57. The van der Waals surface area contributed by atoms with Crippen molar-refractivity contribution in [1.29, 1.82) is 0 Å². The number of hydrogen-bond donors (Lipinski definition) is 2. The molecule has 0 aliphatic rings. The highest BCUT2D eigenvalue weighted by Gasteiger charge is 2.03. The van der Waals surface area contributed by atoms with E-state index in [1.807, 2.05) is 30.3 Å². The zero-order valence-corrected chi connectivity index (χ0v) is 11.7. The highest BCUT2D eigenvalue weighted by molar-refractivity contribution is 5.29. The maximum atomic E-state index is 12.0. The standard InChI is InChI=1S/C15H14N6O/c22-15-19-14(20-18-10-12-4-2-1-3-5-12)17-11-21(15)13-6-8-16-9-7-13/h1-9,11,18H,10H2,(H,19,20,22). The van der Waals surface area contributed by atoms with Crippen LogP contribution in [0.25, 0.3) is 5.69 Å². The van der Waals surface area contributed by atoms with E-state index in [0.29, 0.717) is 12.2 Å². The second kappa shape index (κ2) is 6.59. The van der Waals surface area contributed by atoms with Crippen molar-refractivity contribution in [2.45, 2.75) is 6.54 Å². The van der Waals surface area contributed by atoms with Crippen molar-refractivity contribution in [2.75, 3.05) is 5.43 Å². The first kappa shape index (κ1) is 13.9. The topological polar surface area (TPSA) is 84.7 Å². The van der Waals surface area contributed by atoms with Gasteiger partial charge < -0.3 is 0 Å². The second-order valence-corrected chi connectivity index (χ2v) is 4.50. The van der Waals surface area contributed by atoms with Crippen molar-refractivity contribution in [2.24, 2.45) is 0 Å². The zero-order valence-electron chi connectivity index (χ0n) is 11.7. The van der Waals surface area contributed by atoms with Crippen LogP contribution >= 0.6 is 0 Å². The second-order valence-electron chi connectivity index (χ2n) is 4.50. The summed E-state index contributed by atoms with van der Waals surface area (Å²) in [6.07, 6.45) is 4.64. The molecule has 0 spiro atoms. The predicted molar refractivity (Wildman–Crippen MR) is 82.3 cm³/mol. The van der Waals surface area contributed by atoms with Crippen molar-refractivity contribution in [3.63, 3.8) is 0 Å². The van der Waals surface area contributed by atoms with Crippen molar-refractivity contribution in [3.8, 4) is 5.69 Å². The lowest BCUT2D eigenvalue weighted by molar-refractivity contribution is 0.766. The minimum Gasteiger partial charge on any atom is -0.289 e. The number of hydrazine groups is 1. The minimum atomic E-state index is -0.412. The first-order valence-electron chi connectivity index (χ1n) is 6.72. The number of nitrogens with zero attached hydrogens (tertiary/aromatic N) is 4. The summed E-state index contributed by atoms with van der Waals surface area (Å²) < 4.78 is 1.35. The van der Waals surface area contributed by atoms with Crippen LogP contribution in [0, 0.1) is 0 Å². The number of benzene rings is 1. The Hall–Kier alpha value is -3.06. The summed E-state index contributed by atoms with van der Waals surface area (Å²) in [7, 11) is 0. The number of aromatic nitrogens is 4. The van der Waals surface area contributed by atoms with Crippen LogP contribution in [0.1, 0.15) is 5.56 Å². The molecule has 7 heteroatoms. The number of anilines is 1. The summed E-state index contributed by atoms with van der Waals surface area (Å²) in [5, 5.41) is 0. The molecule has 22 heavy (non-hydrogen) atoms. The van der Waals surface area contributed by atoms with Gasteiger partial charge in [0, 0.05) is 18.9 Å². The number of nitrogens with one attached hydrogen (secondary N) is 2. The molecule has 3 rings (SSSR count). The highest BCUT2D eigenvalue weighted by Crippen LogP contribution is 2.01. The fraction of sp³-hybridized carbons (Fsp3) is 0.0667. The van der Waals surface area contributed by atoms with E-state index in [9.17, 15) is 4.79 Å². The number of hydrogen-bond acceptors (Lipinski definition) is 6. The van der Waals surface area contributed by atoms with Crippen LogP contribution in [0.15, 0.2) is 66.0 Å². The van der Waals surface area contributed by atoms with E-state index >= 15 is 0 Å². The van der Waals surface area contributed by atoms with Crippen LogP contribution in [0.4, 0.5) is 5.95 Å². The first-order chi connectivity index (χ1) is 10.8. The Morgan fingerprint density at radius 2 is 1.82 bits per heavy atom. The van der Waals surface area contributed by atoms with E-state index in [4.69, 9.17) is 0 Å². The fourth-order valence-corrected chi connectivity index (χ4v) is 1.90. The Balaban J connectivity index is 1.66. The molecule has 0 aliphatic carbocycles. The largest absolute Gasteiger partial charge is 0.356 e. The Bertz CT molecular complexity index is 788. The lowest BCUT2D eigenvalue weighted by Crippen LogP contribution is -2.28. The molecule has 2 aromatic heterocycles. The molecule has 0 amide bonds. The van der Waals surface area contributed by atoms with Crippen LogP contribution in [-0.2, 0) is 6.54 Å². The summed E-state index contributed by atoms with van der Waals surface area (Å²) in [4.78, 5) is 23.9. The molecule has 0 aliphatic heterocycles. The molecule has 0 bridgehead atoms. The van der Waals surface area contributed by atoms with Gasteiger partial charge in [0.15, 0.2) is 0 Å². The summed E-state index contributed by atoms with van der Waals surface area (Å²) in [6.45, 7) is 0.595. The van der Waals surface area contributed by atoms with Crippen molar-refractivity contribution in [3.05, 3.63) is 77.2 Å². The van der Waals surface area contributed by atoms with E-state index in [1.54, 1.807) is 24.5 Å². The molecule has 110 valence electrons. The molecule has 7 nitrogen and oxygen atoms in total. The first-order valence-corrected chi connectivity index (χ1v) is 6.72. The Labute approximate surface area is 126 Å². The normalized spacial score (nSPS) is 10.4. The quantitative estimate of drug-likeness (QED) is 0.686. The predicted octanol–water partition coefficient (Wildman–Crippen LogP) is 1.14. The molecule has 0 saturated carbocycles. The maximum absolute atomic E-state index is 12.0. The van der Waals surface area contributed by atoms with Crippen LogP contribution < -0.4 is 16.5 Å². The van der Waals surface area contributed by atoms with Gasteiger partial charge in [-0.15, -0.1) is 0 Å². The third kappa shape index (κ3) is 3.33. The van der Waals surface area contributed by atoms with E-state index in [0.717, 1.165) is 5.56 Å². The summed E-state index contributed by atoms with van der Waals surface area (Å²) in [5.41, 5.74) is 7.16. The molecule has 3 aromatic rings. The maximum Gasteiger partial charge on any atom is 0.356 e. The molecule has 0 atom stereocenters. The lowest BCUT2D eigenvalue weighted by Gasteiger charge is -2.08. The molecule has 0 fully saturated rings. The third-order valence-corrected chi connectivity index (χ3v) is 2.98. The SMILES string of the molecule is O=c1nc(NNCc2ccccc2)ncn1-c1ccncc1. The lowest BCUT2D eigenvalue weighted by atomic mass is 10.2. The van der Waals surface area contributed by atoms with Gasteiger partial charge in [-0.05, 0) is 17.7 Å². The van der Waals surface area contributed by atoms with E-state index in [1.165, 1.54) is 10.9 Å². The van der Waals surface area contributed by atoms with Gasteiger partial charge in [0.25, 0.3) is 0 Å². The van der Waals surface area contributed by atoms with Gasteiger partial charge in [-0.25, -0.2) is 15.2 Å². The number of rotatable bonds is 5. The van der Waals surface area contributed by atoms with Gasteiger partial charge in [-0.3, -0.25) is 15.0 Å². The molecule has 0 radical (unpaired) electrons. The summed E-state index contributed by atoms with van der Waals surface area (Å²) in [6, 6.07) is 13.3. The highest BCUT2D eigenvalue weighted by atomic mass is 16.1. The van der Waals surface area contributed by atoms with E-state index in [-0.39, 0.29) is 5.95 Å². The van der Waals surface area contributed by atoms with Gasteiger partial charge in [-0.1, -0.05) is 30.3 Å². The third-order valence-electron chi connectivity index (χ3n) is 2.98. The van der Waals surface area contributed by atoms with Crippen LogP contribution in [0.5, 0.6) is 0 Å². The smallest absolute Gasteiger partial charge is 0.289 e. The van der Waals surface area contributed by atoms with Crippen molar-refractivity contribution in [1.82, 2.24) is 24.9 Å². The molecule has 2 N–H and O–H groups in total. The Kier molecular flexibility index (Phi) is 4.17. The Morgan fingerprint density at radius 1 is 1.05 bits per heavy atom. The zero-order chi connectivity index (χ0) is 15.2. The van der Waals surface area contributed by atoms with Gasteiger partial charge in [-0.2, -0.15) is 4.98 Å². The van der Waals surface area contributed by atoms with Gasteiger partial charge in [0.1, 0.15) is 6.33 Å². The Morgan fingerprint density at radius 3 is 2.55 bits per heavy atom. The molecule has 1 aromatic carbocycles. The molecular weight excluding hydrogens is 280 g/mol. The van der Waals surface area contributed by atoms with Crippen molar-refractivity contribution < 1.29 is 0 Å². The van der Waals surface area contributed by atoms with Crippen LogP contribution in [-0.4, -0.2) is 19.5 Å². The molecule has 0 saturated heterocycles. The summed E-state index contributed by atoms with van der Waals surface area (Å²) >= 11 is 0. The molecule has 2 heterocycles. The fourth-order valence-electron chi connectivity index (χ4n) is 1.90. The van der Waals surface area contributed by atoms with Gasteiger partial charge in [0.05, 0.1) is 5.69 Å². The van der Waals surface area contributed by atoms with E-state index in [2.05, 4.69) is 25.8 Å². The van der Waals surface area contributed by atoms with Crippen LogP contribution in [0.3, 0.4) is 0 Å². The number of pyridine rings is 1.